The van der Waals surface area contributed by atoms with Gasteiger partial charge < -0.3 is 15.2 Å². The zero-order valence-corrected chi connectivity index (χ0v) is 11.2. The number of carbonyl (C=O) groups excluding carboxylic acids is 1. The van der Waals surface area contributed by atoms with E-state index in [2.05, 4.69) is 5.32 Å². The van der Waals surface area contributed by atoms with Gasteiger partial charge in [-0.05, 0) is 25.0 Å². The summed E-state index contributed by atoms with van der Waals surface area (Å²) in [5.41, 5.74) is -1.59. The van der Waals surface area contributed by atoms with Gasteiger partial charge in [-0.1, -0.05) is 0 Å². The maximum atomic E-state index is 13.3. The van der Waals surface area contributed by atoms with Crippen LogP contribution >= 0.6 is 0 Å². The first kappa shape index (κ1) is 15.3. The highest BCUT2D eigenvalue weighted by atomic mass is 19.1. The molecule has 0 bridgehead atoms. The van der Waals surface area contributed by atoms with Crippen LogP contribution in [0.5, 0.6) is 0 Å². The molecule has 2 rings (SSSR count). The lowest BCUT2D eigenvalue weighted by Crippen LogP contribution is -2.54. The van der Waals surface area contributed by atoms with Crippen LogP contribution in [0, 0.1) is 15.9 Å². The monoisotopic (exact) mass is 298 g/mol. The van der Waals surface area contributed by atoms with Crippen LogP contribution in [-0.4, -0.2) is 41.3 Å². The summed E-state index contributed by atoms with van der Waals surface area (Å²) < 4.78 is 18.4. The third-order valence-electron chi connectivity index (χ3n) is 3.54. The maximum Gasteiger partial charge on any atom is 0.305 e. The van der Waals surface area contributed by atoms with E-state index in [0.717, 1.165) is 12.1 Å². The zero-order valence-electron chi connectivity index (χ0n) is 11.2. The summed E-state index contributed by atoms with van der Waals surface area (Å²) in [5, 5.41) is 22.8. The van der Waals surface area contributed by atoms with E-state index in [0.29, 0.717) is 26.1 Å². The fraction of sp³-hybridized carbons (Fsp3) is 0.462. The predicted octanol–water partition coefficient (Wildman–Crippen LogP) is 1.01. The summed E-state index contributed by atoms with van der Waals surface area (Å²) in [4.78, 5) is 22.0. The number of aliphatic hydroxyl groups is 1. The van der Waals surface area contributed by atoms with Gasteiger partial charge in [0.15, 0.2) is 0 Å². The number of nitrogens with zero attached hydrogens (tertiary/aromatic N) is 1. The molecule has 8 heteroatoms. The number of benzene rings is 1. The number of hydrogen-bond acceptors (Lipinski definition) is 5. The molecule has 0 radical (unpaired) electrons. The Morgan fingerprint density at radius 2 is 2.14 bits per heavy atom. The Kier molecular flexibility index (Phi) is 4.49. The molecule has 0 atom stereocenters. The third kappa shape index (κ3) is 3.34. The number of nitro groups is 1. The number of carbonyl (C=O) groups is 1. The average Bonchev–Trinajstić information content (AvgIpc) is 2.48. The molecule has 7 nitrogen and oxygen atoms in total. The Hall–Kier alpha value is -2.06. The lowest BCUT2D eigenvalue weighted by Gasteiger charge is -2.36. The standard InChI is InChI=1S/C13H15FN2O5/c14-10-2-1-9(7-11(10)16(19)20)12(18)15-13(8-17)3-5-21-6-4-13/h1-2,7,17H,3-6,8H2,(H,15,18). The molecule has 1 aromatic carbocycles. The molecule has 114 valence electrons. The van der Waals surface area contributed by atoms with Crippen LogP contribution in [-0.2, 0) is 4.74 Å². The van der Waals surface area contributed by atoms with Gasteiger partial charge >= 0.3 is 5.69 Å². The van der Waals surface area contributed by atoms with Crippen molar-refractivity contribution in [3.8, 4) is 0 Å². The van der Waals surface area contributed by atoms with Crippen LogP contribution in [0.4, 0.5) is 10.1 Å². The van der Waals surface area contributed by atoms with E-state index < -0.39 is 27.9 Å². The Labute approximate surface area is 119 Å². The van der Waals surface area contributed by atoms with Crippen LogP contribution in [0.15, 0.2) is 18.2 Å². The second kappa shape index (κ2) is 6.15. The van der Waals surface area contributed by atoms with Crippen LogP contribution < -0.4 is 5.32 Å². The molecule has 1 fully saturated rings. The van der Waals surface area contributed by atoms with Crippen molar-refractivity contribution >= 4 is 11.6 Å². The van der Waals surface area contributed by atoms with Gasteiger partial charge in [0.05, 0.1) is 17.1 Å². The van der Waals surface area contributed by atoms with E-state index in [-0.39, 0.29) is 12.2 Å². The Balaban J connectivity index is 2.20. The first-order valence-electron chi connectivity index (χ1n) is 6.42. The highest BCUT2D eigenvalue weighted by Crippen LogP contribution is 2.22. The number of rotatable bonds is 4. The van der Waals surface area contributed by atoms with Gasteiger partial charge in [0.2, 0.25) is 5.82 Å². The minimum absolute atomic E-state index is 0.0255. The molecular formula is C13H15FN2O5. The number of amides is 1. The fourth-order valence-corrected chi connectivity index (χ4v) is 2.19. The summed E-state index contributed by atoms with van der Waals surface area (Å²) in [6, 6.07) is 2.93. The molecule has 0 aliphatic carbocycles. The molecule has 2 N–H and O–H groups in total. The van der Waals surface area contributed by atoms with Crippen molar-refractivity contribution in [1.82, 2.24) is 5.32 Å². The lowest BCUT2D eigenvalue weighted by atomic mass is 9.90. The number of aliphatic hydroxyl groups excluding tert-OH is 1. The second-order valence-electron chi connectivity index (χ2n) is 4.93. The molecule has 0 unspecified atom stereocenters. The number of ether oxygens (including phenoxy) is 1. The van der Waals surface area contributed by atoms with Crippen LogP contribution in [0.1, 0.15) is 23.2 Å². The molecule has 0 saturated carbocycles. The van der Waals surface area contributed by atoms with E-state index in [1.807, 2.05) is 0 Å². The minimum atomic E-state index is -1.00. The van der Waals surface area contributed by atoms with Gasteiger partial charge in [0.1, 0.15) is 0 Å². The highest BCUT2D eigenvalue weighted by molar-refractivity contribution is 5.95. The van der Waals surface area contributed by atoms with Crippen molar-refractivity contribution < 1.29 is 24.0 Å². The maximum absolute atomic E-state index is 13.3. The molecule has 1 aromatic rings. The summed E-state index contributed by atoms with van der Waals surface area (Å²) in [6.45, 7) is 0.556. The minimum Gasteiger partial charge on any atom is -0.394 e. The van der Waals surface area contributed by atoms with Crippen molar-refractivity contribution in [2.45, 2.75) is 18.4 Å². The van der Waals surface area contributed by atoms with Gasteiger partial charge in [-0.15, -0.1) is 0 Å². The van der Waals surface area contributed by atoms with Crippen molar-refractivity contribution in [1.29, 1.82) is 0 Å². The SMILES string of the molecule is O=C(NC1(CO)CCOCC1)c1ccc(F)c([N+](=O)[O-])c1. The molecule has 21 heavy (non-hydrogen) atoms. The fourth-order valence-electron chi connectivity index (χ4n) is 2.19. The van der Waals surface area contributed by atoms with Gasteiger partial charge in [0, 0.05) is 24.8 Å². The summed E-state index contributed by atoms with van der Waals surface area (Å²) in [6.07, 6.45) is 0.886. The predicted molar refractivity (Wildman–Crippen MR) is 70.4 cm³/mol. The van der Waals surface area contributed by atoms with E-state index in [4.69, 9.17) is 4.74 Å². The van der Waals surface area contributed by atoms with E-state index in [1.54, 1.807) is 0 Å². The quantitative estimate of drug-likeness (QED) is 0.638. The van der Waals surface area contributed by atoms with Gasteiger partial charge in [-0.2, -0.15) is 4.39 Å². The summed E-state index contributed by atoms with van der Waals surface area (Å²) in [7, 11) is 0. The van der Waals surface area contributed by atoms with Crippen molar-refractivity contribution in [3.63, 3.8) is 0 Å². The highest BCUT2D eigenvalue weighted by Gasteiger charge is 2.34. The van der Waals surface area contributed by atoms with Gasteiger partial charge in [-0.25, -0.2) is 0 Å². The summed E-state index contributed by atoms with van der Waals surface area (Å²) >= 11 is 0. The van der Waals surface area contributed by atoms with Crippen molar-refractivity contribution in [2.75, 3.05) is 19.8 Å². The average molecular weight is 298 g/mol. The van der Waals surface area contributed by atoms with Gasteiger partial charge in [-0.3, -0.25) is 14.9 Å². The molecule has 1 saturated heterocycles. The smallest absolute Gasteiger partial charge is 0.305 e. The van der Waals surface area contributed by atoms with Crippen LogP contribution in [0.25, 0.3) is 0 Å². The number of nitro benzene ring substituents is 1. The summed E-state index contributed by atoms with van der Waals surface area (Å²) in [5.74, 6) is -1.59. The van der Waals surface area contributed by atoms with Crippen molar-refractivity contribution in [3.05, 3.63) is 39.7 Å². The molecule has 1 aliphatic rings. The Bertz CT molecular complexity index is 557. The first-order chi connectivity index (χ1) is 9.97. The molecular weight excluding hydrogens is 283 g/mol. The molecule has 1 heterocycles. The second-order valence-corrected chi connectivity index (χ2v) is 4.93. The first-order valence-corrected chi connectivity index (χ1v) is 6.42. The Morgan fingerprint density at radius 3 is 2.71 bits per heavy atom. The number of hydrogen-bond donors (Lipinski definition) is 2. The molecule has 0 aromatic heterocycles. The van der Waals surface area contributed by atoms with Crippen LogP contribution in [0.2, 0.25) is 0 Å². The van der Waals surface area contributed by atoms with Crippen LogP contribution in [0.3, 0.4) is 0 Å². The largest absolute Gasteiger partial charge is 0.394 e. The molecule has 0 spiro atoms. The Morgan fingerprint density at radius 1 is 1.48 bits per heavy atom. The zero-order chi connectivity index (χ0) is 15.5. The molecule has 1 aliphatic heterocycles. The van der Waals surface area contributed by atoms with Gasteiger partial charge in [0.25, 0.3) is 5.91 Å². The normalized spacial score (nSPS) is 17.2. The van der Waals surface area contributed by atoms with E-state index >= 15 is 0 Å². The van der Waals surface area contributed by atoms with Crippen molar-refractivity contribution in [2.24, 2.45) is 0 Å². The topological polar surface area (TPSA) is 102 Å². The number of nitrogens with one attached hydrogen (secondary N) is 1. The third-order valence-corrected chi connectivity index (χ3v) is 3.54. The lowest BCUT2D eigenvalue weighted by molar-refractivity contribution is -0.387. The number of halogens is 1. The van der Waals surface area contributed by atoms with E-state index in [9.17, 15) is 24.4 Å². The van der Waals surface area contributed by atoms with E-state index in [1.165, 1.54) is 6.07 Å². The molecule has 1 amide bonds.